The zero-order valence-corrected chi connectivity index (χ0v) is 18.6. The van der Waals surface area contributed by atoms with Gasteiger partial charge < -0.3 is 5.32 Å². The second-order valence-electron chi connectivity index (χ2n) is 8.07. The average molecular weight is 466 g/mol. The van der Waals surface area contributed by atoms with E-state index in [9.17, 15) is 13.6 Å². The molecule has 0 fully saturated rings. The number of carbonyl (C=O) groups is 1. The number of rotatable bonds is 6. The van der Waals surface area contributed by atoms with Crippen LogP contribution in [0.15, 0.2) is 91.3 Å². The number of halogens is 2. The molecule has 2 aromatic heterocycles. The Balaban J connectivity index is 1.47. The van der Waals surface area contributed by atoms with Crippen LogP contribution in [0.2, 0.25) is 0 Å². The standard InChI is InChI=1S/C28H20F2N4O/c29-22-8-4-20(5-9-22)27-28(21-6-10-23(30)11-7-21)34-25-14-19(3-12-24(25)33-27)17-32-26(35)15-18-2-1-13-31-16-18/h1-14,16H,15,17H2,(H,32,35). The minimum Gasteiger partial charge on any atom is -0.352 e. The molecular weight excluding hydrogens is 446 g/mol. The quantitative estimate of drug-likeness (QED) is 0.359. The molecule has 1 amide bonds. The third kappa shape index (κ3) is 5.19. The number of pyridine rings is 1. The van der Waals surface area contributed by atoms with Gasteiger partial charge in [-0.2, -0.15) is 0 Å². The molecule has 0 aliphatic carbocycles. The number of benzene rings is 3. The SMILES string of the molecule is O=C(Cc1cccnc1)NCc1ccc2nc(-c3ccc(F)cc3)c(-c3ccc(F)cc3)nc2c1. The highest BCUT2D eigenvalue weighted by atomic mass is 19.1. The molecule has 0 aliphatic rings. The Labute approximate surface area is 200 Å². The van der Waals surface area contributed by atoms with E-state index in [2.05, 4.69) is 10.3 Å². The van der Waals surface area contributed by atoms with Crippen molar-refractivity contribution in [1.82, 2.24) is 20.3 Å². The first-order valence-corrected chi connectivity index (χ1v) is 11.0. The summed E-state index contributed by atoms with van der Waals surface area (Å²) in [6, 6.07) is 21.3. The second-order valence-corrected chi connectivity index (χ2v) is 8.07. The topological polar surface area (TPSA) is 67.8 Å². The van der Waals surface area contributed by atoms with Gasteiger partial charge in [0, 0.05) is 30.1 Å². The van der Waals surface area contributed by atoms with E-state index in [1.807, 2.05) is 24.3 Å². The summed E-state index contributed by atoms with van der Waals surface area (Å²) in [4.78, 5) is 26.0. The van der Waals surface area contributed by atoms with Crippen LogP contribution < -0.4 is 5.32 Å². The van der Waals surface area contributed by atoms with Crippen molar-refractivity contribution in [3.8, 4) is 22.5 Å². The smallest absolute Gasteiger partial charge is 0.224 e. The summed E-state index contributed by atoms with van der Waals surface area (Å²) in [5.41, 5.74) is 5.51. The first kappa shape index (κ1) is 22.3. The highest BCUT2D eigenvalue weighted by molar-refractivity contribution is 5.86. The van der Waals surface area contributed by atoms with Gasteiger partial charge in [-0.05, 0) is 77.9 Å². The fourth-order valence-electron chi connectivity index (χ4n) is 3.78. The van der Waals surface area contributed by atoms with Crippen molar-refractivity contribution in [3.63, 3.8) is 0 Å². The van der Waals surface area contributed by atoms with Crippen molar-refractivity contribution in [3.05, 3.63) is 114 Å². The van der Waals surface area contributed by atoms with Crippen LogP contribution in [0.25, 0.3) is 33.5 Å². The second kappa shape index (κ2) is 9.77. The van der Waals surface area contributed by atoms with Crippen LogP contribution in [0, 0.1) is 11.6 Å². The molecule has 0 unspecified atom stereocenters. The third-order valence-corrected chi connectivity index (χ3v) is 5.54. The normalized spacial score (nSPS) is 10.9. The van der Waals surface area contributed by atoms with Crippen molar-refractivity contribution in [2.24, 2.45) is 0 Å². The van der Waals surface area contributed by atoms with E-state index in [4.69, 9.17) is 9.97 Å². The third-order valence-electron chi connectivity index (χ3n) is 5.54. The summed E-state index contributed by atoms with van der Waals surface area (Å²) in [7, 11) is 0. The zero-order chi connectivity index (χ0) is 24.2. The first-order valence-electron chi connectivity index (χ1n) is 11.0. The molecule has 2 heterocycles. The first-order chi connectivity index (χ1) is 17.0. The van der Waals surface area contributed by atoms with Crippen molar-refractivity contribution in [2.75, 3.05) is 0 Å². The molecule has 7 heteroatoms. The highest BCUT2D eigenvalue weighted by Gasteiger charge is 2.14. The molecule has 5 aromatic rings. The van der Waals surface area contributed by atoms with Crippen LogP contribution in [0.4, 0.5) is 8.78 Å². The molecule has 0 spiro atoms. The van der Waals surface area contributed by atoms with E-state index in [0.717, 1.165) is 11.1 Å². The van der Waals surface area contributed by atoms with E-state index in [1.54, 1.807) is 42.7 Å². The van der Waals surface area contributed by atoms with Gasteiger partial charge in [0.15, 0.2) is 0 Å². The van der Waals surface area contributed by atoms with Gasteiger partial charge in [-0.1, -0.05) is 12.1 Å². The molecule has 35 heavy (non-hydrogen) atoms. The predicted octanol–water partition coefficient (Wildman–Crippen LogP) is 5.50. The molecule has 3 aromatic carbocycles. The molecule has 5 nitrogen and oxygen atoms in total. The summed E-state index contributed by atoms with van der Waals surface area (Å²) < 4.78 is 27.1. The predicted molar refractivity (Wildman–Crippen MR) is 130 cm³/mol. The largest absolute Gasteiger partial charge is 0.352 e. The molecular formula is C28H20F2N4O. The maximum absolute atomic E-state index is 13.5. The number of nitrogens with zero attached hydrogens (tertiary/aromatic N) is 3. The Bertz CT molecular complexity index is 1490. The number of amides is 1. The van der Waals surface area contributed by atoms with E-state index >= 15 is 0 Å². The van der Waals surface area contributed by atoms with Crippen LogP contribution in [0.1, 0.15) is 11.1 Å². The lowest BCUT2D eigenvalue weighted by Crippen LogP contribution is -2.24. The van der Waals surface area contributed by atoms with Gasteiger partial charge in [0.1, 0.15) is 11.6 Å². The Morgan fingerprint density at radius 2 is 1.37 bits per heavy atom. The maximum Gasteiger partial charge on any atom is 0.224 e. The van der Waals surface area contributed by atoms with Crippen molar-refractivity contribution >= 4 is 16.9 Å². The van der Waals surface area contributed by atoms with E-state index in [0.29, 0.717) is 40.1 Å². The van der Waals surface area contributed by atoms with Gasteiger partial charge in [0.05, 0.1) is 28.8 Å². The Morgan fingerprint density at radius 1 is 0.743 bits per heavy atom. The van der Waals surface area contributed by atoms with Crippen molar-refractivity contribution in [1.29, 1.82) is 0 Å². The van der Waals surface area contributed by atoms with Gasteiger partial charge in [-0.3, -0.25) is 9.78 Å². The molecule has 1 N–H and O–H groups in total. The van der Waals surface area contributed by atoms with E-state index in [1.165, 1.54) is 24.3 Å². The molecule has 0 saturated carbocycles. The van der Waals surface area contributed by atoms with Crippen LogP contribution in [0.3, 0.4) is 0 Å². The van der Waals surface area contributed by atoms with Gasteiger partial charge in [-0.15, -0.1) is 0 Å². The average Bonchev–Trinajstić information content (AvgIpc) is 2.88. The highest BCUT2D eigenvalue weighted by Crippen LogP contribution is 2.31. The van der Waals surface area contributed by atoms with Gasteiger partial charge in [0.25, 0.3) is 0 Å². The van der Waals surface area contributed by atoms with E-state index < -0.39 is 0 Å². The zero-order valence-electron chi connectivity index (χ0n) is 18.6. The number of fused-ring (bicyclic) bond motifs is 1. The lowest BCUT2D eigenvalue weighted by atomic mass is 10.0. The Morgan fingerprint density at radius 3 is 1.97 bits per heavy atom. The molecule has 5 rings (SSSR count). The fraction of sp³-hybridized carbons (Fsp3) is 0.0714. The summed E-state index contributed by atoms with van der Waals surface area (Å²) in [6.45, 7) is 0.336. The minimum absolute atomic E-state index is 0.108. The van der Waals surface area contributed by atoms with Crippen LogP contribution in [0.5, 0.6) is 0 Å². The lowest BCUT2D eigenvalue weighted by molar-refractivity contribution is -0.120. The Hall–Kier alpha value is -4.52. The van der Waals surface area contributed by atoms with Crippen LogP contribution in [-0.4, -0.2) is 20.9 Å². The molecule has 0 bridgehead atoms. The molecule has 0 aliphatic heterocycles. The Kier molecular flexibility index (Phi) is 6.22. The number of nitrogens with one attached hydrogen (secondary N) is 1. The molecule has 0 atom stereocenters. The number of carbonyl (C=O) groups excluding carboxylic acids is 1. The van der Waals surface area contributed by atoms with Gasteiger partial charge >= 0.3 is 0 Å². The molecule has 172 valence electrons. The fourth-order valence-corrected chi connectivity index (χ4v) is 3.78. The summed E-state index contributed by atoms with van der Waals surface area (Å²) in [5.74, 6) is -0.806. The van der Waals surface area contributed by atoms with Crippen LogP contribution in [-0.2, 0) is 17.8 Å². The van der Waals surface area contributed by atoms with E-state index in [-0.39, 0.29) is 24.0 Å². The lowest BCUT2D eigenvalue weighted by Gasteiger charge is -2.12. The van der Waals surface area contributed by atoms with Crippen LogP contribution >= 0.6 is 0 Å². The molecule has 0 radical (unpaired) electrons. The minimum atomic E-state index is -0.352. The summed E-state index contributed by atoms with van der Waals surface area (Å²) in [6.07, 6.45) is 3.58. The van der Waals surface area contributed by atoms with Crippen molar-refractivity contribution < 1.29 is 13.6 Å². The van der Waals surface area contributed by atoms with Gasteiger partial charge in [-0.25, -0.2) is 18.7 Å². The number of hydrogen-bond donors (Lipinski definition) is 1. The molecule has 0 saturated heterocycles. The summed E-state index contributed by atoms with van der Waals surface area (Å²) in [5, 5.41) is 2.92. The van der Waals surface area contributed by atoms with Crippen molar-refractivity contribution in [2.45, 2.75) is 13.0 Å². The maximum atomic E-state index is 13.5. The monoisotopic (exact) mass is 466 g/mol. The number of aromatic nitrogens is 3. The van der Waals surface area contributed by atoms with Gasteiger partial charge in [0.2, 0.25) is 5.91 Å². The number of hydrogen-bond acceptors (Lipinski definition) is 4. The summed E-state index contributed by atoms with van der Waals surface area (Å²) >= 11 is 0.